The Labute approximate surface area is 128 Å². The second-order valence-corrected chi connectivity index (χ2v) is 8.26. The number of ether oxygens (including phenoxy) is 1. The zero-order chi connectivity index (χ0) is 15.5. The van der Waals surface area contributed by atoms with E-state index in [9.17, 15) is 13.2 Å². The lowest BCUT2D eigenvalue weighted by molar-refractivity contribution is -0.136. The largest absolute Gasteiger partial charge is 0.481 e. The molecule has 21 heavy (non-hydrogen) atoms. The van der Waals surface area contributed by atoms with Crippen molar-refractivity contribution in [2.45, 2.75) is 36.4 Å². The maximum absolute atomic E-state index is 12.3. The third-order valence-corrected chi connectivity index (χ3v) is 6.68. The first kappa shape index (κ1) is 16.4. The normalized spacial score (nSPS) is 18.5. The van der Waals surface area contributed by atoms with E-state index in [0.29, 0.717) is 18.1 Å². The number of sulfonamides is 1. The number of rotatable bonds is 6. The van der Waals surface area contributed by atoms with Crippen molar-refractivity contribution in [3.8, 4) is 0 Å². The van der Waals surface area contributed by atoms with E-state index >= 15 is 0 Å². The molecule has 6 nitrogen and oxygen atoms in total. The number of carboxylic acids is 1. The van der Waals surface area contributed by atoms with Crippen molar-refractivity contribution in [3.05, 3.63) is 17.0 Å². The number of hydrogen-bond acceptors (Lipinski definition) is 5. The fraction of sp³-hybridized carbons (Fsp3) is 0.615. The van der Waals surface area contributed by atoms with E-state index in [1.165, 1.54) is 6.07 Å². The minimum Gasteiger partial charge on any atom is -0.481 e. The van der Waals surface area contributed by atoms with Crippen molar-refractivity contribution < 1.29 is 23.1 Å². The third-order valence-electron chi connectivity index (χ3n) is 3.54. The Bertz CT molecular complexity index is 589. The molecule has 1 unspecified atom stereocenters. The maximum atomic E-state index is 12.3. The average Bonchev–Trinajstić information content (AvgIpc) is 2.88. The van der Waals surface area contributed by atoms with Crippen LogP contribution in [0.15, 0.2) is 16.3 Å². The maximum Gasteiger partial charge on any atom is 0.308 e. The van der Waals surface area contributed by atoms with E-state index in [2.05, 4.69) is 4.72 Å². The molecule has 1 fully saturated rings. The smallest absolute Gasteiger partial charge is 0.308 e. The van der Waals surface area contributed by atoms with Crippen molar-refractivity contribution in [1.82, 2.24) is 4.72 Å². The lowest BCUT2D eigenvalue weighted by atomic mass is 9.94. The second kappa shape index (κ2) is 6.87. The molecule has 0 amide bonds. The Hall–Kier alpha value is -0.960. The Morgan fingerprint density at radius 1 is 1.48 bits per heavy atom. The van der Waals surface area contributed by atoms with Crippen molar-refractivity contribution in [3.63, 3.8) is 0 Å². The summed E-state index contributed by atoms with van der Waals surface area (Å²) >= 11 is 1.00. The van der Waals surface area contributed by atoms with Crippen LogP contribution in [-0.4, -0.2) is 38.7 Å². The molecule has 1 aromatic heterocycles. The molecule has 0 saturated carbocycles. The number of thiophene rings is 1. The zero-order valence-corrected chi connectivity index (χ0v) is 13.4. The Balaban J connectivity index is 2.03. The van der Waals surface area contributed by atoms with Gasteiger partial charge in [0.25, 0.3) is 0 Å². The van der Waals surface area contributed by atoms with E-state index in [1.807, 2.05) is 6.92 Å². The molecule has 118 valence electrons. The highest BCUT2D eigenvalue weighted by atomic mass is 32.2. The van der Waals surface area contributed by atoms with E-state index in [4.69, 9.17) is 9.84 Å². The lowest BCUT2D eigenvalue weighted by Gasteiger charge is -2.27. The van der Waals surface area contributed by atoms with Crippen molar-refractivity contribution in [1.29, 1.82) is 0 Å². The van der Waals surface area contributed by atoms with Gasteiger partial charge in [-0.2, -0.15) is 0 Å². The summed E-state index contributed by atoms with van der Waals surface area (Å²) in [5.41, 5.74) is 0. The zero-order valence-electron chi connectivity index (χ0n) is 11.7. The summed E-state index contributed by atoms with van der Waals surface area (Å²) in [6, 6.07) is 2.85. The Morgan fingerprint density at radius 2 is 2.14 bits per heavy atom. The molecule has 1 atom stereocenters. The van der Waals surface area contributed by atoms with Gasteiger partial charge in [0.2, 0.25) is 10.0 Å². The number of aliphatic carboxylic acids is 1. The summed E-state index contributed by atoms with van der Waals surface area (Å²) in [7, 11) is -3.59. The monoisotopic (exact) mass is 333 g/mol. The van der Waals surface area contributed by atoms with E-state index in [1.54, 1.807) is 6.07 Å². The summed E-state index contributed by atoms with van der Waals surface area (Å²) in [5, 5.41) is 8.72. The standard InChI is InChI=1S/C13H19NO5S2/c1-9(10-4-6-19-7-5-10)14-21(17,18)13-3-2-11(20-13)8-12(15)16/h2-3,9-10,14H,4-8H2,1H3,(H,15,16). The molecule has 0 spiro atoms. The number of carbonyl (C=O) groups is 1. The molecule has 0 aliphatic carbocycles. The van der Waals surface area contributed by atoms with Gasteiger partial charge in [-0.1, -0.05) is 0 Å². The molecule has 0 aromatic carbocycles. The minimum atomic E-state index is -3.59. The number of hydrogen-bond donors (Lipinski definition) is 2. The van der Waals surface area contributed by atoms with E-state index in [0.717, 1.165) is 24.2 Å². The molecule has 2 rings (SSSR count). The Morgan fingerprint density at radius 3 is 2.76 bits per heavy atom. The van der Waals surface area contributed by atoms with Crippen LogP contribution in [-0.2, 0) is 26.0 Å². The molecule has 1 aliphatic heterocycles. The molecule has 8 heteroatoms. The summed E-state index contributed by atoms with van der Waals surface area (Å²) < 4.78 is 32.7. The molecule has 1 aromatic rings. The quantitative estimate of drug-likeness (QED) is 0.822. The van der Waals surface area contributed by atoms with Gasteiger partial charge in [0, 0.05) is 24.1 Å². The molecule has 0 radical (unpaired) electrons. The van der Waals surface area contributed by atoms with E-state index in [-0.39, 0.29) is 22.6 Å². The molecule has 0 bridgehead atoms. The summed E-state index contributed by atoms with van der Waals surface area (Å²) in [5.74, 6) is -0.698. The average molecular weight is 333 g/mol. The van der Waals surface area contributed by atoms with Crippen LogP contribution in [0.3, 0.4) is 0 Å². The molecule has 1 saturated heterocycles. The fourth-order valence-electron chi connectivity index (χ4n) is 2.36. The second-order valence-electron chi connectivity index (χ2n) is 5.15. The van der Waals surface area contributed by atoms with Gasteiger partial charge in [0.05, 0.1) is 6.42 Å². The first-order valence-electron chi connectivity index (χ1n) is 6.79. The van der Waals surface area contributed by atoms with Gasteiger partial charge in [-0.05, 0) is 37.8 Å². The molecular weight excluding hydrogens is 314 g/mol. The van der Waals surface area contributed by atoms with Crippen LogP contribution in [0.1, 0.15) is 24.6 Å². The first-order chi connectivity index (χ1) is 9.88. The molecule has 1 aliphatic rings. The van der Waals surface area contributed by atoms with Crippen LogP contribution in [0.4, 0.5) is 0 Å². The first-order valence-corrected chi connectivity index (χ1v) is 9.09. The lowest BCUT2D eigenvalue weighted by Crippen LogP contribution is -2.39. The SMILES string of the molecule is CC(NS(=O)(=O)c1ccc(CC(=O)O)s1)C1CCOCC1. The molecular formula is C13H19NO5S2. The Kier molecular flexibility index (Phi) is 5.37. The van der Waals surface area contributed by atoms with Gasteiger partial charge in [-0.3, -0.25) is 4.79 Å². The van der Waals surface area contributed by atoms with Crippen molar-refractivity contribution >= 4 is 27.3 Å². The fourth-order valence-corrected chi connectivity index (χ4v) is 5.04. The van der Waals surface area contributed by atoms with Gasteiger partial charge >= 0.3 is 5.97 Å². The number of nitrogens with one attached hydrogen (secondary N) is 1. The third kappa shape index (κ3) is 4.50. The summed E-state index contributed by atoms with van der Waals surface area (Å²) in [6.45, 7) is 3.19. The number of carboxylic acid groups (broad SMARTS) is 1. The highest BCUT2D eigenvalue weighted by Crippen LogP contribution is 2.24. The van der Waals surface area contributed by atoms with Crippen LogP contribution in [0.25, 0.3) is 0 Å². The van der Waals surface area contributed by atoms with Gasteiger partial charge in [-0.25, -0.2) is 13.1 Å². The summed E-state index contributed by atoms with van der Waals surface area (Å²) in [6.07, 6.45) is 1.53. The molecule has 2 heterocycles. The van der Waals surface area contributed by atoms with Gasteiger partial charge in [0.15, 0.2) is 0 Å². The predicted octanol–water partition coefficient (Wildman–Crippen LogP) is 1.47. The van der Waals surface area contributed by atoms with Gasteiger partial charge in [0.1, 0.15) is 4.21 Å². The van der Waals surface area contributed by atoms with Crippen LogP contribution < -0.4 is 4.72 Å². The van der Waals surface area contributed by atoms with Crippen molar-refractivity contribution in [2.75, 3.05) is 13.2 Å². The highest BCUT2D eigenvalue weighted by Gasteiger charge is 2.26. The topological polar surface area (TPSA) is 92.7 Å². The van der Waals surface area contributed by atoms with Crippen LogP contribution in [0.2, 0.25) is 0 Å². The van der Waals surface area contributed by atoms with Crippen LogP contribution >= 0.6 is 11.3 Å². The highest BCUT2D eigenvalue weighted by molar-refractivity contribution is 7.91. The van der Waals surface area contributed by atoms with Crippen molar-refractivity contribution in [2.24, 2.45) is 5.92 Å². The van der Waals surface area contributed by atoms with Crippen LogP contribution in [0, 0.1) is 5.92 Å². The predicted molar refractivity (Wildman–Crippen MR) is 79.0 cm³/mol. The van der Waals surface area contributed by atoms with Gasteiger partial charge in [-0.15, -0.1) is 11.3 Å². The van der Waals surface area contributed by atoms with E-state index < -0.39 is 16.0 Å². The minimum absolute atomic E-state index is 0.157. The van der Waals surface area contributed by atoms with Gasteiger partial charge < -0.3 is 9.84 Å². The molecule has 2 N–H and O–H groups in total. The summed E-state index contributed by atoms with van der Waals surface area (Å²) in [4.78, 5) is 11.2. The van der Waals surface area contributed by atoms with Crippen LogP contribution in [0.5, 0.6) is 0 Å².